The molecule has 0 saturated carbocycles. The summed E-state index contributed by atoms with van der Waals surface area (Å²) < 4.78 is 0. The third-order valence-corrected chi connectivity index (χ3v) is 4.65. The first-order chi connectivity index (χ1) is 11.5. The van der Waals surface area contributed by atoms with Gasteiger partial charge < -0.3 is 10.6 Å². The summed E-state index contributed by atoms with van der Waals surface area (Å²) in [6, 6.07) is 5.10. The maximum atomic E-state index is 11.5. The van der Waals surface area contributed by atoms with Gasteiger partial charge in [0, 0.05) is 29.8 Å². The number of pyridine rings is 1. The monoisotopic (exact) mass is 363 g/mol. The molecule has 1 atom stereocenters. The van der Waals surface area contributed by atoms with Crippen LogP contribution in [0.15, 0.2) is 30.6 Å². The van der Waals surface area contributed by atoms with Crippen molar-refractivity contribution in [3.05, 3.63) is 46.2 Å². The van der Waals surface area contributed by atoms with Gasteiger partial charge in [-0.3, -0.25) is 5.10 Å². The Labute approximate surface area is 148 Å². The number of hydrogen-bond donors (Lipinski definition) is 3. The number of urea groups is 1. The number of aromatic amines is 1. The first-order valence-electron chi connectivity index (χ1n) is 7.27. The van der Waals surface area contributed by atoms with Gasteiger partial charge in [-0.2, -0.15) is 5.10 Å². The normalized spacial score (nSPS) is 12.2. The predicted molar refractivity (Wildman–Crippen MR) is 95.4 cm³/mol. The van der Waals surface area contributed by atoms with E-state index < -0.39 is 0 Å². The number of amides is 2. The molecule has 6 nitrogen and oxygen atoms in total. The SMILES string of the molecule is CNC(=O)NC(C)c1ccc(-c2cnc3[nH]ncc3c2)c(Cl)c1Cl. The molecule has 0 aliphatic heterocycles. The molecule has 0 bridgehead atoms. The summed E-state index contributed by atoms with van der Waals surface area (Å²) in [6.45, 7) is 1.84. The van der Waals surface area contributed by atoms with Gasteiger partial charge in [-0.15, -0.1) is 0 Å². The Hall–Kier alpha value is -2.31. The van der Waals surface area contributed by atoms with E-state index in [0.29, 0.717) is 15.7 Å². The van der Waals surface area contributed by atoms with Crippen LogP contribution in [0, 0.1) is 0 Å². The van der Waals surface area contributed by atoms with Crippen molar-refractivity contribution < 1.29 is 4.79 Å². The third kappa shape index (κ3) is 3.02. The van der Waals surface area contributed by atoms with Crippen LogP contribution in [0.5, 0.6) is 0 Å². The number of carbonyl (C=O) groups excluding carboxylic acids is 1. The van der Waals surface area contributed by atoms with Crippen molar-refractivity contribution in [1.82, 2.24) is 25.8 Å². The van der Waals surface area contributed by atoms with Crippen LogP contribution >= 0.6 is 23.2 Å². The highest BCUT2D eigenvalue weighted by molar-refractivity contribution is 6.44. The standard InChI is InChI=1S/C16H15Cl2N5O/c1-8(22-16(24)19-2)11-3-4-12(14(18)13(11)17)9-5-10-7-21-23-15(10)20-6-9/h3-8H,1-2H3,(H2,19,22,24)(H,20,21,23). The number of hydrogen-bond acceptors (Lipinski definition) is 3. The lowest BCUT2D eigenvalue weighted by Crippen LogP contribution is -2.34. The molecule has 0 radical (unpaired) electrons. The van der Waals surface area contributed by atoms with Crippen LogP contribution in [0.3, 0.4) is 0 Å². The number of nitrogens with zero attached hydrogens (tertiary/aromatic N) is 2. The zero-order valence-electron chi connectivity index (χ0n) is 13.0. The Morgan fingerprint density at radius 3 is 2.79 bits per heavy atom. The average molecular weight is 364 g/mol. The van der Waals surface area contributed by atoms with Crippen LogP contribution in [0.4, 0.5) is 4.79 Å². The summed E-state index contributed by atoms with van der Waals surface area (Å²) >= 11 is 12.9. The van der Waals surface area contributed by atoms with E-state index in [4.69, 9.17) is 23.2 Å². The number of halogens is 2. The summed E-state index contributed by atoms with van der Waals surface area (Å²) in [6.07, 6.45) is 3.41. The van der Waals surface area contributed by atoms with Crippen LogP contribution in [0.2, 0.25) is 10.0 Å². The molecule has 1 aromatic carbocycles. The number of carbonyl (C=O) groups is 1. The fourth-order valence-electron chi connectivity index (χ4n) is 2.45. The average Bonchev–Trinajstić information content (AvgIpc) is 3.04. The van der Waals surface area contributed by atoms with Gasteiger partial charge in [0.05, 0.1) is 22.3 Å². The van der Waals surface area contributed by atoms with E-state index in [1.807, 2.05) is 25.1 Å². The van der Waals surface area contributed by atoms with E-state index in [0.717, 1.165) is 22.1 Å². The summed E-state index contributed by atoms with van der Waals surface area (Å²) in [7, 11) is 1.55. The fourth-order valence-corrected chi connectivity index (χ4v) is 3.06. The zero-order valence-corrected chi connectivity index (χ0v) is 14.5. The quantitative estimate of drug-likeness (QED) is 0.659. The number of nitrogens with one attached hydrogen (secondary N) is 3. The zero-order chi connectivity index (χ0) is 17.3. The Kier molecular flexibility index (Phi) is 4.59. The van der Waals surface area contributed by atoms with Crippen molar-refractivity contribution in [2.45, 2.75) is 13.0 Å². The van der Waals surface area contributed by atoms with E-state index in [-0.39, 0.29) is 12.1 Å². The molecule has 0 spiro atoms. The molecule has 3 rings (SSSR count). The van der Waals surface area contributed by atoms with E-state index in [1.165, 1.54) is 0 Å². The van der Waals surface area contributed by atoms with Gasteiger partial charge in [0.25, 0.3) is 0 Å². The Morgan fingerprint density at radius 2 is 2.04 bits per heavy atom. The molecule has 24 heavy (non-hydrogen) atoms. The van der Waals surface area contributed by atoms with E-state index in [1.54, 1.807) is 19.4 Å². The third-order valence-electron chi connectivity index (χ3n) is 3.76. The van der Waals surface area contributed by atoms with E-state index in [2.05, 4.69) is 25.8 Å². The van der Waals surface area contributed by atoms with Crippen LogP contribution in [0.25, 0.3) is 22.2 Å². The van der Waals surface area contributed by atoms with Crippen molar-refractivity contribution in [2.75, 3.05) is 7.05 Å². The smallest absolute Gasteiger partial charge is 0.315 e. The molecule has 0 fully saturated rings. The molecule has 3 aromatic rings. The maximum Gasteiger partial charge on any atom is 0.315 e. The van der Waals surface area contributed by atoms with Gasteiger partial charge in [0.1, 0.15) is 0 Å². The van der Waals surface area contributed by atoms with Crippen LogP contribution in [0.1, 0.15) is 18.5 Å². The first-order valence-corrected chi connectivity index (χ1v) is 8.02. The Balaban J connectivity index is 1.99. The molecule has 124 valence electrons. The van der Waals surface area contributed by atoms with Crippen molar-refractivity contribution in [3.63, 3.8) is 0 Å². The lowest BCUT2D eigenvalue weighted by molar-refractivity contribution is 0.240. The fraction of sp³-hybridized carbons (Fsp3) is 0.188. The molecule has 2 amide bonds. The Bertz CT molecular complexity index is 909. The molecule has 1 unspecified atom stereocenters. The molecule has 0 saturated heterocycles. The molecule has 2 heterocycles. The topological polar surface area (TPSA) is 82.7 Å². The van der Waals surface area contributed by atoms with Crippen molar-refractivity contribution in [1.29, 1.82) is 0 Å². The largest absolute Gasteiger partial charge is 0.341 e. The lowest BCUT2D eigenvalue weighted by Gasteiger charge is -2.17. The highest BCUT2D eigenvalue weighted by atomic mass is 35.5. The molecular formula is C16H15Cl2N5O. The van der Waals surface area contributed by atoms with Gasteiger partial charge in [-0.25, -0.2) is 9.78 Å². The Morgan fingerprint density at radius 1 is 1.25 bits per heavy atom. The van der Waals surface area contributed by atoms with Crippen molar-refractivity contribution in [2.24, 2.45) is 0 Å². The predicted octanol–water partition coefficient (Wildman–Crippen LogP) is 3.92. The second-order valence-electron chi connectivity index (χ2n) is 5.31. The highest BCUT2D eigenvalue weighted by Crippen LogP contribution is 2.38. The molecule has 8 heteroatoms. The minimum absolute atomic E-state index is 0.279. The van der Waals surface area contributed by atoms with Crippen LogP contribution in [-0.2, 0) is 0 Å². The lowest BCUT2D eigenvalue weighted by atomic mass is 10.0. The van der Waals surface area contributed by atoms with E-state index >= 15 is 0 Å². The van der Waals surface area contributed by atoms with Crippen molar-refractivity contribution in [3.8, 4) is 11.1 Å². The summed E-state index contributed by atoms with van der Waals surface area (Å²) in [5.41, 5.74) is 3.06. The molecule has 0 aliphatic rings. The molecular weight excluding hydrogens is 349 g/mol. The number of H-pyrrole nitrogens is 1. The maximum absolute atomic E-state index is 11.5. The number of benzene rings is 1. The summed E-state index contributed by atoms with van der Waals surface area (Å²) in [4.78, 5) is 15.8. The van der Waals surface area contributed by atoms with Gasteiger partial charge >= 0.3 is 6.03 Å². The van der Waals surface area contributed by atoms with Crippen molar-refractivity contribution >= 4 is 40.3 Å². The molecule has 3 N–H and O–H groups in total. The summed E-state index contributed by atoms with van der Waals surface area (Å²) in [5.74, 6) is 0. The minimum Gasteiger partial charge on any atom is -0.341 e. The minimum atomic E-state index is -0.284. The van der Waals surface area contributed by atoms with Crippen LogP contribution < -0.4 is 10.6 Å². The first kappa shape index (κ1) is 16.5. The number of aromatic nitrogens is 3. The summed E-state index contributed by atoms with van der Waals surface area (Å²) in [5, 5.41) is 13.8. The van der Waals surface area contributed by atoms with Gasteiger partial charge in [-0.05, 0) is 18.6 Å². The number of rotatable bonds is 3. The van der Waals surface area contributed by atoms with Gasteiger partial charge in [-0.1, -0.05) is 35.3 Å². The van der Waals surface area contributed by atoms with Gasteiger partial charge in [0.2, 0.25) is 0 Å². The second-order valence-corrected chi connectivity index (χ2v) is 6.06. The molecule has 0 aliphatic carbocycles. The van der Waals surface area contributed by atoms with E-state index in [9.17, 15) is 4.79 Å². The second kappa shape index (κ2) is 6.67. The van der Waals surface area contributed by atoms with Crippen LogP contribution in [-0.4, -0.2) is 28.3 Å². The molecule has 2 aromatic heterocycles. The van der Waals surface area contributed by atoms with Gasteiger partial charge in [0.15, 0.2) is 5.65 Å². The highest BCUT2D eigenvalue weighted by Gasteiger charge is 2.17. The number of fused-ring (bicyclic) bond motifs is 1.